The van der Waals surface area contributed by atoms with Crippen molar-refractivity contribution >= 4 is 49.9 Å². The summed E-state index contributed by atoms with van der Waals surface area (Å²) in [6.45, 7) is 14.1. The SMILES string of the molecule is C[CH2][Sn+]([CH2]C)[CH2]C.C[CH2][Sn+]([CH2]C)[CH2]C.O=S(=O)([O-])[O-]. The standard InChI is InChI=1S/6C2H5.H2O4S.2Sn/c6*1-2;1-5(2,3)4;;/h6*1H2,2H3;(H2,1,2,3,4);;/q;;;;;;;2*+1/p-2. The van der Waals surface area contributed by atoms with Gasteiger partial charge in [-0.3, -0.25) is 8.42 Å². The third-order valence-corrected chi connectivity index (χ3v) is 20.1. The molecule has 0 amide bonds. The third-order valence-electron chi connectivity index (χ3n) is 3.00. The molecule has 7 heteroatoms. The number of hydrogen-bond donors (Lipinski definition) is 0. The number of hydrogen-bond acceptors (Lipinski definition) is 4. The van der Waals surface area contributed by atoms with E-state index in [9.17, 15) is 0 Å². The third kappa shape index (κ3) is 32.7. The Morgan fingerprint density at radius 3 is 0.737 bits per heavy atom. The predicted molar refractivity (Wildman–Crippen MR) is 84.9 cm³/mol. The molecular weight excluding hydrogens is 478 g/mol. The Morgan fingerprint density at radius 1 is 0.632 bits per heavy atom. The summed E-state index contributed by atoms with van der Waals surface area (Å²) in [6.07, 6.45) is 0. The molecule has 0 aliphatic heterocycles. The number of rotatable bonds is 6. The van der Waals surface area contributed by atoms with Crippen LogP contribution in [0.2, 0.25) is 26.6 Å². The summed E-state index contributed by atoms with van der Waals surface area (Å²) in [5, 5.41) is 0. The van der Waals surface area contributed by atoms with Gasteiger partial charge in [-0.1, -0.05) is 0 Å². The van der Waals surface area contributed by atoms with E-state index in [2.05, 4.69) is 41.5 Å². The van der Waals surface area contributed by atoms with Crippen LogP contribution in [0.4, 0.5) is 0 Å². The van der Waals surface area contributed by atoms with Gasteiger partial charge in [0.1, 0.15) is 0 Å². The Bertz CT molecular complexity index is 219. The molecule has 0 saturated carbocycles. The molecule has 0 rings (SSSR count). The van der Waals surface area contributed by atoms with Gasteiger partial charge in [-0.25, -0.2) is 0 Å². The summed E-state index contributed by atoms with van der Waals surface area (Å²) < 4.78 is 43.4. The van der Waals surface area contributed by atoms with Crippen LogP contribution in [0.1, 0.15) is 41.5 Å². The van der Waals surface area contributed by atoms with Gasteiger partial charge in [0, 0.05) is 10.4 Å². The van der Waals surface area contributed by atoms with Crippen LogP contribution in [0.3, 0.4) is 0 Å². The molecule has 0 saturated heterocycles. The van der Waals surface area contributed by atoms with E-state index in [0.717, 1.165) is 0 Å². The molecule has 0 radical (unpaired) electrons. The molecule has 19 heavy (non-hydrogen) atoms. The second-order valence-electron chi connectivity index (χ2n) is 4.03. The zero-order chi connectivity index (χ0) is 15.9. The smallest absolute Gasteiger partial charge is 0.0311 e. The fraction of sp³-hybridized carbons (Fsp3) is 1.00. The molecule has 0 bridgehead atoms. The van der Waals surface area contributed by atoms with Crippen LogP contribution < -0.4 is 0 Å². The summed E-state index contributed by atoms with van der Waals surface area (Å²) in [5.74, 6) is 0. The van der Waals surface area contributed by atoms with Gasteiger partial charge in [0.2, 0.25) is 0 Å². The van der Waals surface area contributed by atoms with E-state index in [1.165, 1.54) is 0 Å². The van der Waals surface area contributed by atoms with Crippen LogP contribution in [0.5, 0.6) is 0 Å². The molecular formula is C12H30O4SSn2. The molecule has 0 aliphatic carbocycles. The van der Waals surface area contributed by atoms with E-state index >= 15 is 0 Å². The Hall–Kier alpha value is 1.47. The molecule has 0 aromatic carbocycles. The molecule has 0 atom stereocenters. The Balaban J connectivity index is -0.000000206. The summed E-state index contributed by atoms with van der Waals surface area (Å²) >= 11 is -1.31. The van der Waals surface area contributed by atoms with Gasteiger partial charge in [-0.05, 0) is 0 Å². The average Bonchev–Trinajstić information content (AvgIpc) is 2.32. The van der Waals surface area contributed by atoms with Crippen molar-refractivity contribution in [3.8, 4) is 0 Å². The van der Waals surface area contributed by atoms with Gasteiger partial charge in [-0.15, -0.1) is 0 Å². The van der Waals surface area contributed by atoms with Gasteiger partial charge in [0.05, 0.1) is 0 Å². The average molecular weight is 508 g/mol. The normalized spacial score (nSPS) is 9.68. The van der Waals surface area contributed by atoms with E-state index in [4.69, 9.17) is 17.5 Å². The molecule has 0 N–H and O–H groups in total. The van der Waals surface area contributed by atoms with Gasteiger partial charge in [0.25, 0.3) is 0 Å². The first-order valence-corrected chi connectivity index (χ1v) is 20.5. The molecule has 116 valence electrons. The minimum Gasteiger partial charge on any atom is -0.759 e. The van der Waals surface area contributed by atoms with Gasteiger partial charge >= 0.3 is 108 Å². The van der Waals surface area contributed by atoms with Crippen molar-refractivity contribution in [2.45, 2.75) is 68.2 Å². The molecule has 0 aromatic rings. The van der Waals surface area contributed by atoms with Crippen LogP contribution in [0, 0.1) is 0 Å². The topological polar surface area (TPSA) is 80.3 Å². The van der Waals surface area contributed by atoms with Gasteiger partial charge in [0.15, 0.2) is 0 Å². The monoisotopic (exact) mass is 510 g/mol. The van der Waals surface area contributed by atoms with Crippen molar-refractivity contribution in [3.05, 3.63) is 0 Å². The second-order valence-corrected chi connectivity index (χ2v) is 25.5. The maximum Gasteiger partial charge on any atom is 0.0311 e. The fourth-order valence-electron chi connectivity index (χ4n) is 1.50. The summed E-state index contributed by atoms with van der Waals surface area (Å²) in [6, 6.07) is 0. The summed E-state index contributed by atoms with van der Waals surface area (Å²) in [4.78, 5) is 0. The second kappa shape index (κ2) is 17.5. The van der Waals surface area contributed by atoms with Crippen molar-refractivity contribution in [2.75, 3.05) is 0 Å². The minimum absolute atomic E-state index is 0.653. The van der Waals surface area contributed by atoms with Crippen LogP contribution in [-0.4, -0.2) is 57.0 Å². The van der Waals surface area contributed by atoms with Crippen LogP contribution in [-0.2, 0) is 10.4 Å². The summed E-state index contributed by atoms with van der Waals surface area (Å²) in [7, 11) is -5.17. The predicted octanol–water partition coefficient (Wildman–Crippen LogP) is 3.74. The van der Waals surface area contributed by atoms with Crippen molar-refractivity contribution in [1.82, 2.24) is 0 Å². The molecule has 0 unspecified atom stereocenters. The maximum absolute atomic E-state index is 8.52. The quantitative estimate of drug-likeness (QED) is 0.312. The van der Waals surface area contributed by atoms with Crippen LogP contribution in [0.15, 0.2) is 0 Å². The van der Waals surface area contributed by atoms with E-state index in [-0.39, 0.29) is 0 Å². The van der Waals surface area contributed by atoms with E-state index < -0.39 is 49.9 Å². The summed E-state index contributed by atoms with van der Waals surface area (Å²) in [5.41, 5.74) is 0. The molecule has 4 nitrogen and oxygen atoms in total. The fourth-order valence-corrected chi connectivity index (χ4v) is 10.1. The van der Waals surface area contributed by atoms with Crippen molar-refractivity contribution in [3.63, 3.8) is 0 Å². The van der Waals surface area contributed by atoms with Crippen LogP contribution >= 0.6 is 0 Å². The molecule has 0 fully saturated rings. The van der Waals surface area contributed by atoms with Crippen molar-refractivity contribution in [2.24, 2.45) is 0 Å². The Kier molecular flexibility index (Phi) is 23.4. The van der Waals surface area contributed by atoms with E-state index in [1.54, 1.807) is 26.6 Å². The molecule has 0 heterocycles. The first kappa shape index (κ1) is 25.4. The molecule has 0 aliphatic rings. The first-order chi connectivity index (χ1) is 8.69. The zero-order valence-corrected chi connectivity index (χ0v) is 19.8. The van der Waals surface area contributed by atoms with Crippen molar-refractivity contribution < 1.29 is 17.5 Å². The van der Waals surface area contributed by atoms with Crippen LogP contribution in [0.25, 0.3) is 0 Å². The minimum atomic E-state index is -5.17. The first-order valence-electron chi connectivity index (χ1n) is 7.03. The zero-order valence-electron chi connectivity index (χ0n) is 13.3. The molecule has 0 aromatic heterocycles. The van der Waals surface area contributed by atoms with Gasteiger partial charge in [-0.2, -0.15) is 0 Å². The van der Waals surface area contributed by atoms with E-state index in [1.807, 2.05) is 0 Å². The largest absolute Gasteiger partial charge is 0.759 e. The Labute approximate surface area is 134 Å². The maximum atomic E-state index is 8.52. The Morgan fingerprint density at radius 2 is 0.737 bits per heavy atom. The van der Waals surface area contributed by atoms with E-state index in [0.29, 0.717) is 0 Å². The van der Waals surface area contributed by atoms with Crippen molar-refractivity contribution in [1.29, 1.82) is 0 Å². The van der Waals surface area contributed by atoms with Gasteiger partial charge < -0.3 is 9.11 Å². The molecule has 0 spiro atoms.